The summed E-state index contributed by atoms with van der Waals surface area (Å²) in [5.41, 5.74) is 4.81. The van der Waals surface area contributed by atoms with Crippen LogP contribution in [-0.2, 0) is 6.54 Å². The average molecular weight is 304 g/mol. The second-order valence-corrected chi connectivity index (χ2v) is 6.10. The summed E-state index contributed by atoms with van der Waals surface area (Å²) in [6.07, 6.45) is 5.32. The van der Waals surface area contributed by atoms with Crippen LogP contribution in [0, 0.1) is 0 Å². The molecule has 0 radical (unpaired) electrons. The molecule has 4 rings (SSSR count). The van der Waals surface area contributed by atoms with E-state index in [-0.39, 0.29) is 0 Å². The Morgan fingerprint density at radius 2 is 1.91 bits per heavy atom. The quantitative estimate of drug-likeness (QED) is 0.762. The van der Waals surface area contributed by atoms with Gasteiger partial charge in [-0.1, -0.05) is 42.5 Å². The number of aromatic nitrogens is 1. The van der Waals surface area contributed by atoms with E-state index in [1.54, 1.807) is 6.07 Å². The fraction of sp³-hybridized carbons (Fsp3) is 0.200. The van der Waals surface area contributed by atoms with Crippen LogP contribution in [-0.4, -0.2) is 28.1 Å². The van der Waals surface area contributed by atoms with Crippen LogP contribution in [0.25, 0.3) is 16.5 Å². The molecule has 0 amide bonds. The SMILES string of the molecule is Oc1cccc2[nH]cc(C3=CCN(Cc4ccccc4)CC3)c12. The zero-order valence-corrected chi connectivity index (χ0v) is 13.0. The Kier molecular flexibility index (Phi) is 3.64. The summed E-state index contributed by atoms with van der Waals surface area (Å²) in [6.45, 7) is 2.98. The Bertz CT molecular complexity index is 848. The number of nitrogens with one attached hydrogen (secondary N) is 1. The van der Waals surface area contributed by atoms with Crippen molar-refractivity contribution in [2.45, 2.75) is 13.0 Å². The molecule has 0 fully saturated rings. The molecule has 3 aromatic rings. The predicted molar refractivity (Wildman–Crippen MR) is 94.3 cm³/mol. The fourth-order valence-electron chi connectivity index (χ4n) is 3.36. The van der Waals surface area contributed by atoms with Crippen LogP contribution >= 0.6 is 0 Å². The molecule has 3 heteroatoms. The lowest BCUT2D eigenvalue weighted by atomic mass is 9.98. The van der Waals surface area contributed by atoms with Crippen molar-refractivity contribution in [2.75, 3.05) is 13.1 Å². The van der Waals surface area contributed by atoms with E-state index < -0.39 is 0 Å². The van der Waals surface area contributed by atoms with Crippen molar-refractivity contribution >= 4 is 16.5 Å². The Morgan fingerprint density at radius 1 is 1.04 bits per heavy atom. The third-order valence-corrected chi connectivity index (χ3v) is 4.57. The zero-order chi connectivity index (χ0) is 15.6. The van der Waals surface area contributed by atoms with Crippen LogP contribution in [0.4, 0.5) is 0 Å². The van der Waals surface area contributed by atoms with Gasteiger partial charge in [-0.15, -0.1) is 0 Å². The number of aromatic hydroxyl groups is 1. The van der Waals surface area contributed by atoms with E-state index in [2.05, 4.69) is 46.3 Å². The number of hydrogen-bond acceptors (Lipinski definition) is 2. The van der Waals surface area contributed by atoms with E-state index in [0.717, 1.165) is 42.5 Å². The molecule has 1 aliphatic heterocycles. The Hall–Kier alpha value is -2.52. The van der Waals surface area contributed by atoms with Gasteiger partial charge in [-0.05, 0) is 29.7 Å². The predicted octanol–water partition coefficient (Wildman–Crippen LogP) is 4.16. The molecule has 1 aromatic heterocycles. The normalized spacial score (nSPS) is 15.7. The lowest BCUT2D eigenvalue weighted by Gasteiger charge is -2.26. The van der Waals surface area contributed by atoms with E-state index in [1.807, 2.05) is 18.3 Å². The van der Waals surface area contributed by atoms with Crippen molar-refractivity contribution in [1.29, 1.82) is 0 Å². The van der Waals surface area contributed by atoms with E-state index >= 15 is 0 Å². The van der Waals surface area contributed by atoms with E-state index in [9.17, 15) is 5.11 Å². The summed E-state index contributed by atoms with van der Waals surface area (Å²) in [5, 5.41) is 11.1. The molecule has 2 N–H and O–H groups in total. The summed E-state index contributed by atoms with van der Waals surface area (Å²) in [5.74, 6) is 0.353. The van der Waals surface area contributed by atoms with Crippen molar-refractivity contribution in [3.8, 4) is 5.75 Å². The topological polar surface area (TPSA) is 39.3 Å². The van der Waals surface area contributed by atoms with Gasteiger partial charge in [0.15, 0.2) is 0 Å². The Morgan fingerprint density at radius 3 is 2.70 bits per heavy atom. The second kappa shape index (κ2) is 5.94. The van der Waals surface area contributed by atoms with Gasteiger partial charge in [0.1, 0.15) is 5.75 Å². The van der Waals surface area contributed by atoms with E-state index in [4.69, 9.17) is 0 Å². The van der Waals surface area contributed by atoms with E-state index in [1.165, 1.54) is 11.1 Å². The lowest BCUT2D eigenvalue weighted by molar-refractivity contribution is 0.294. The monoisotopic (exact) mass is 304 g/mol. The van der Waals surface area contributed by atoms with Crippen molar-refractivity contribution < 1.29 is 5.11 Å². The number of rotatable bonds is 3. The summed E-state index contributed by atoms with van der Waals surface area (Å²) >= 11 is 0. The van der Waals surface area contributed by atoms with Crippen LogP contribution in [0.2, 0.25) is 0 Å². The van der Waals surface area contributed by atoms with Crippen molar-refractivity contribution in [3.63, 3.8) is 0 Å². The third-order valence-electron chi connectivity index (χ3n) is 4.57. The molecule has 0 atom stereocenters. The minimum atomic E-state index is 0.353. The molecule has 0 unspecified atom stereocenters. The third kappa shape index (κ3) is 2.76. The van der Waals surface area contributed by atoms with Crippen molar-refractivity contribution in [1.82, 2.24) is 9.88 Å². The number of fused-ring (bicyclic) bond motifs is 1. The molecular weight excluding hydrogens is 284 g/mol. The van der Waals surface area contributed by atoms with Gasteiger partial charge in [0, 0.05) is 42.3 Å². The second-order valence-electron chi connectivity index (χ2n) is 6.10. The molecule has 2 aromatic carbocycles. The van der Waals surface area contributed by atoms with Gasteiger partial charge < -0.3 is 10.1 Å². The maximum atomic E-state index is 10.2. The highest BCUT2D eigenvalue weighted by atomic mass is 16.3. The van der Waals surface area contributed by atoms with E-state index in [0.29, 0.717) is 5.75 Å². The number of aromatic amines is 1. The molecule has 2 heterocycles. The highest BCUT2D eigenvalue weighted by Gasteiger charge is 2.17. The molecule has 0 bridgehead atoms. The Balaban J connectivity index is 1.55. The first-order valence-electron chi connectivity index (χ1n) is 8.06. The number of nitrogens with zero attached hydrogens (tertiary/aromatic N) is 1. The van der Waals surface area contributed by atoms with Gasteiger partial charge in [-0.25, -0.2) is 0 Å². The first kappa shape index (κ1) is 14.1. The smallest absolute Gasteiger partial charge is 0.125 e. The number of H-pyrrole nitrogens is 1. The maximum Gasteiger partial charge on any atom is 0.125 e. The van der Waals surface area contributed by atoms with Crippen LogP contribution in [0.5, 0.6) is 5.75 Å². The summed E-state index contributed by atoms with van der Waals surface area (Å²) in [4.78, 5) is 5.71. The molecule has 0 aliphatic carbocycles. The van der Waals surface area contributed by atoms with Gasteiger partial charge in [-0.3, -0.25) is 4.90 Å². The highest BCUT2D eigenvalue weighted by molar-refractivity contribution is 5.96. The summed E-state index contributed by atoms with van der Waals surface area (Å²) < 4.78 is 0. The van der Waals surface area contributed by atoms with Gasteiger partial charge in [-0.2, -0.15) is 0 Å². The summed E-state index contributed by atoms with van der Waals surface area (Å²) in [7, 11) is 0. The number of phenols is 1. The fourth-order valence-corrected chi connectivity index (χ4v) is 3.36. The standard InChI is InChI=1S/C20H20N2O/c23-19-8-4-7-18-20(19)17(13-21-18)16-9-11-22(12-10-16)14-15-5-2-1-3-6-15/h1-9,13,21,23H,10-12,14H2. The molecule has 23 heavy (non-hydrogen) atoms. The van der Waals surface area contributed by atoms with Gasteiger partial charge >= 0.3 is 0 Å². The molecule has 0 saturated heterocycles. The number of phenolic OH excluding ortho intramolecular Hbond substituents is 1. The highest BCUT2D eigenvalue weighted by Crippen LogP contribution is 2.34. The molecular formula is C20H20N2O. The first-order chi connectivity index (χ1) is 11.3. The van der Waals surface area contributed by atoms with Gasteiger partial charge in [0.25, 0.3) is 0 Å². The van der Waals surface area contributed by atoms with Crippen molar-refractivity contribution in [3.05, 3.63) is 71.9 Å². The van der Waals surface area contributed by atoms with Crippen molar-refractivity contribution in [2.24, 2.45) is 0 Å². The molecule has 116 valence electrons. The minimum Gasteiger partial charge on any atom is -0.507 e. The van der Waals surface area contributed by atoms with Crippen LogP contribution < -0.4 is 0 Å². The van der Waals surface area contributed by atoms with Crippen LogP contribution in [0.15, 0.2) is 60.8 Å². The lowest BCUT2D eigenvalue weighted by Crippen LogP contribution is -2.27. The molecule has 0 spiro atoms. The zero-order valence-electron chi connectivity index (χ0n) is 13.0. The largest absolute Gasteiger partial charge is 0.507 e. The van der Waals surface area contributed by atoms with Crippen LogP contribution in [0.1, 0.15) is 17.5 Å². The molecule has 1 aliphatic rings. The number of benzene rings is 2. The maximum absolute atomic E-state index is 10.2. The first-order valence-corrected chi connectivity index (χ1v) is 8.06. The van der Waals surface area contributed by atoms with Gasteiger partial charge in [0.05, 0.1) is 0 Å². The number of hydrogen-bond donors (Lipinski definition) is 2. The Labute approximate surface area is 135 Å². The average Bonchev–Trinajstić information content (AvgIpc) is 3.02. The summed E-state index contributed by atoms with van der Waals surface area (Å²) in [6, 6.07) is 16.2. The molecule has 3 nitrogen and oxygen atoms in total. The molecule has 0 saturated carbocycles. The minimum absolute atomic E-state index is 0.353. The van der Waals surface area contributed by atoms with Crippen LogP contribution in [0.3, 0.4) is 0 Å². The van der Waals surface area contributed by atoms with Gasteiger partial charge in [0.2, 0.25) is 0 Å².